The molecule has 0 saturated heterocycles. The molecular weight excluding hydrogens is 136 g/mol. The van der Waals surface area contributed by atoms with Crippen molar-refractivity contribution in [3.8, 4) is 0 Å². The summed E-state index contributed by atoms with van der Waals surface area (Å²) in [6.07, 6.45) is 7.75. The van der Waals surface area contributed by atoms with Crippen molar-refractivity contribution in [1.82, 2.24) is 0 Å². The first-order valence-electron chi connectivity index (χ1n) is 3.32. The Morgan fingerprint density at radius 2 is 2.09 bits per heavy atom. The summed E-state index contributed by atoms with van der Waals surface area (Å²) in [5, 5.41) is 0. The van der Waals surface area contributed by atoms with Crippen molar-refractivity contribution in [2.45, 2.75) is 6.92 Å². The van der Waals surface area contributed by atoms with E-state index in [1.54, 1.807) is 31.2 Å². The number of rotatable bonds is 4. The molecule has 0 radical (unpaired) electrons. The van der Waals surface area contributed by atoms with Crippen molar-refractivity contribution < 1.29 is 4.79 Å². The maximum atomic E-state index is 10.1. The van der Waals surface area contributed by atoms with Crippen LogP contribution in [0.4, 0.5) is 0 Å². The normalized spacial score (nSPS) is 11.5. The standard InChI is InChI=1S/C10H12O/c1-4-9(2)6-5-7-10(3)8-11/h4-8H,1-2H2,3H3. The molecule has 58 valence electrons. The molecule has 0 rings (SSSR count). The summed E-state index contributed by atoms with van der Waals surface area (Å²) in [5.74, 6) is 0. The van der Waals surface area contributed by atoms with E-state index in [9.17, 15) is 4.79 Å². The second-order valence-electron chi connectivity index (χ2n) is 2.17. The summed E-state index contributed by atoms with van der Waals surface area (Å²) in [6, 6.07) is 0. The van der Waals surface area contributed by atoms with Crippen LogP contribution in [0.3, 0.4) is 0 Å². The number of carbonyl (C=O) groups is 1. The van der Waals surface area contributed by atoms with Crippen LogP contribution in [0.1, 0.15) is 6.92 Å². The molecule has 0 aromatic rings. The number of allylic oxidation sites excluding steroid dienone is 6. The first kappa shape index (κ1) is 9.63. The fourth-order valence-electron chi connectivity index (χ4n) is 0.431. The van der Waals surface area contributed by atoms with E-state index in [2.05, 4.69) is 13.2 Å². The van der Waals surface area contributed by atoms with Gasteiger partial charge in [-0.2, -0.15) is 0 Å². The van der Waals surface area contributed by atoms with Crippen molar-refractivity contribution in [3.63, 3.8) is 0 Å². The van der Waals surface area contributed by atoms with Gasteiger partial charge in [-0.3, -0.25) is 4.79 Å². The van der Waals surface area contributed by atoms with E-state index in [0.29, 0.717) is 5.57 Å². The molecule has 0 aromatic heterocycles. The van der Waals surface area contributed by atoms with Gasteiger partial charge in [0, 0.05) is 0 Å². The third-order valence-corrected chi connectivity index (χ3v) is 1.12. The number of hydrogen-bond acceptors (Lipinski definition) is 1. The Hall–Kier alpha value is -1.37. The van der Waals surface area contributed by atoms with E-state index in [-0.39, 0.29) is 0 Å². The van der Waals surface area contributed by atoms with Crippen LogP contribution in [0, 0.1) is 0 Å². The van der Waals surface area contributed by atoms with Gasteiger partial charge in [-0.25, -0.2) is 0 Å². The predicted octanol–water partition coefficient (Wildman–Crippen LogP) is 2.43. The highest BCUT2D eigenvalue weighted by Crippen LogP contribution is 1.94. The summed E-state index contributed by atoms with van der Waals surface area (Å²) in [6.45, 7) is 8.95. The molecule has 0 N–H and O–H groups in total. The Morgan fingerprint density at radius 1 is 1.45 bits per heavy atom. The maximum absolute atomic E-state index is 10.1. The summed E-state index contributed by atoms with van der Waals surface area (Å²) in [7, 11) is 0. The second-order valence-corrected chi connectivity index (χ2v) is 2.17. The minimum atomic E-state index is 0.693. The van der Waals surface area contributed by atoms with Gasteiger partial charge in [0.2, 0.25) is 0 Å². The summed E-state index contributed by atoms with van der Waals surface area (Å²) >= 11 is 0. The van der Waals surface area contributed by atoms with Gasteiger partial charge in [-0.1, -0.05) is 37.5 Å². The lowest BCUT2D eigenvalue weighted by molar-refractivity contribution is -0.104. The molecule has 0 amide bonds. The van der Waals surface area contributed by atoms with Crippen molar-refractivity contribution in [2.24, 2.45) is 0 Å². The van der Waals surface area contributed by atoms with E-state index in [1.807, 2.05) is 0 Å². The highest BCUT2D eigenvalue weighted by molar-refractivity contribution is 5.72. The van der Waals surface area contributed by atoms with Crippen molar-refractivity contribution in [3.05, 3.63) is 48.6 Å². The summed E-state index contributed by atoms with van der Waals surface area (Å²) in [5.41, 5.74) is 1.53. The number of aldehydes is 1. The largest absolute Gasteiger partial charge is 0.298 e. The van der Waals surface area contributed by atoms with Gasteiger partial charge in [0.1, 0.15) is 6.29 Å². The zero-order chi connectivity index (χ0) is 8.69. The first-order valence-corrected chi connectivity index (χ1v) is 3.32. The SMILES string of the molecule is C=CC(=C)C=CC=C(C)C=O. The van der Waals surface area contributed by atoms with Crippen molar-refractivity contribution in [1.29, 1.82) is 0 Å². The molecule has 1 heteroatoms. The lowest BCUT2D eigenvalue weighted by Crippen LogP contribution is -1.72. The van der Waals surface area contributed by atoms with E-state index in [4.69, 9.17) is 0 Å². The minimum Gasteiger partial charge on any atom is -0.298 e. The second kappa shape index (κ2) is 5.42. The number of carbonyl (C=O) groups excluding carboxylic acids is 1. The van der Waals surface area contributed by atoms with E-state index >= 15 is 0 Å². The highest BCUT2D eigenvalue weighted by atomic mass is 16.1. The van der Waals surface area contributed by atoms with E-state index in [0.717, 1.165) is 11.9 Å². The molecule has 0 aromatic carbocycles. The molecule has 0 bridgehead atoms. The lowest BCUT2D eigenvalue weighted by atomic mass is 10.2. The molecule has 0 atom stereocenters. The van der Waals surface area contributed by atoms with Gasteiger partial charge in [0.15, 0.2) is 0 Å². The Kier molecular flexibility index (Phi) is 4.74. The molecule has 1 nitrogen and oxygen atoms in total. The van der Waals surface area contributed by atoms with Gasteiger partial charge in [-0.15, -0.1) is 0 Å². The Labute approximate surface area is 67.4 Å². The quantitative estimate of drug-likeness (QED) is 0.340. The molecule has 0 heterocycles. The van der Waals surface area contributed by atoms with Crippen molar-refractivity contribution >= 4 is 6.29 Å². The topological polar surface area (TPSA) is 17.1 Å². The predicted molar refractivity (Wildman–Crippen MR) is 48.3 cm³/mol. The minimum absolute atomic E-state index is 0.693. The van der Waals surface area contributed by atoms with Gasteiger partial charge in [-0.05, 0) is 18.1 Å². The molecular formula is C10H12O. The van der Waals surface area contributed by atoms with Gasteiger partial charge in [0.25, 0.3) is 0 Å². The molecule has 0 aliphatic heterocycles. The third-order valence-electron chi connectivity index (χ3n) is 1.12. The molecule has 0 saturated carbocycles. The van der Waals surface area contributed by atoms with Gasteiger partial charge < -0.3 is 0 Å². The number of hydrogen-bond donors (Lipinski definition) is 0. The molecule has 0 spiro atoms. The van der Waals surface area contributed by atoms with Crippen LogP contribution in [0.25, 0.3) is 0 Å². The molecule has 0 unspecified atom stereocenters. The monoisotopic (exact) mass is 148 g/mol. The zero-order valence-corrected chi connectivity index (χ0v) is 6.71. The molecule has 11 heavy (non-hydrogen) atoms. The van der Waals surface area contributed by atoms with Crippen LogP contribution < -0.4 is 0 Å². The van der Waals surface area contributed by atoms with Crippen molar-refractivity contribution in [2.75, 3.05) is 0 Å². The Balaban J connectivity index is 4.05. The fraction of sp³-hybridized carbons (Fsp3) is 0.100. The van der Waals surface area contributed by atoms with Crippen LogP contribution >= 0.6 is 0 Å². The van der Waals surface area contributed by atoms with Crippen LogP contribution in [0.5, 0.6) is 0 Å². The smallest absolute Gasteiger partial charge is 0.145 e. The van der Waals surface area contributed by atoms with E-state index < -0.39 is 0 Å². The van der Waals surface area contributed by atoms with Crippen LogP contribution in [0.15, 0.2) is 48.6 Å². The summed E-state index contributed by atoms with van der Waals surface area (Å²) < 4.78 is 0. The maximum Gasteiger partial charge on any atom is 0.145 e. The average molecular weight is 148 g/mol. The average Bonchev–Trinajstić information content (AvgIpc) is 2.04. The molecule has 0 aliphatic carbocycles. The highest BCUT2D eigenvalue weighted by Gasteiger charge is 1.78. The van der Waals surface area contributed by atoms with Gasteiger partial charge >= 0.3 is 0 Å². The Bertz CT molecular complexity index is 219. The van der Waals surface area contributed by atoms with Crippen LogP contribution in [-0.4, -0.2) is 6.29 Å². The zero-order valence-electron chi connectivity index (χ0n) is 6.71. The van der Waals surface area contributed by atoms with Gasteiger partial charge in [0.05, 0.1) is 0 Å². The van der Waals surface area contributed by atoms with Crippen LogP contribution in [0.2, 0.25) is 0 Å². The molecule has 0 fully saturated rings. The summed E-state index contributed by atoms with van der Waals surface area (Å²) in [4.78, 5) is 10.1. The molecule has 0 aliphatic rings. The first-order chi connectivity index (χ1) is 5.20. The lowest BCUT2D eigenvalue weighted by Gasteiger charge is -1.84. The van der Waals surface area contributed by atoms with E-state index in [1.165, 1.54) is 0 Å². The van der Waals surface area contributed by atoms with Crippen LogP contribution in [-0.2, 0) is 4.79 Å². The third kappa shape index (κ3) is 5.09. The Morgan fingerprint density at radius 3 is 2.55 bits per heavy atom. The fourth-order valence-corrected chi connectivity index (χ4v) is 0.431.